The number of rotatable bonds is 5. The first-order valence-electron chi connectivity index (χ1n) is 10.2. The lowest BCUT2D eigenvalue weighted by molar-refractivity contribution is 0.718. The standard InChI is InChI=1S/C24H25N5/c1-17-14-23(29-13-11-18-6-2-3-7-20(18)16-29)28-24(27-17)25-12-10-19-15-26-22-9-5-4-8-21(19)22/h2-9,14-15,26H,10-13,16H2,1H3,(H,25,27,28). The molecule has 1 aliphatic heterocycles. The summed E-state index contributed by atoms with van der Waals surface area (Å²) in [4.78, 5) is 15.1. The zero-order valence-corrected chi connectivity index (χ0v) is 16.7. The molecule has 1 aliphatic rings. The number of nitrogens with zero attached hydrogens (tertiary/aromatic N) is 3. The van der Waals surface area contributed by atoms with Crippen LogP contribution < -0.4 is 10.2 Å². The quantitative estimate of drug-likeness (QED) is 0.533. The Morgan fingerprint density at radius 2 is 1.86 bits per heavy atom. The normalized spacial score (nSPS) is 13.5. The predicted octanol–water partition coefficient (Wildman–Crippen LogP) is 4.48. The summed E-state index contributed by atoms with van der Waals surface area (Å²) in [7, 11) is 0. The summed E-state index contributed by atoms with van der Waals surface area (Å²) in [5, 5.41) is 4.71. The van der Waals surface area contributed by atoms with Crippen LogP contribution in [0, 0.1) is 6.92 Å². The van der Waals surface area contributed by atoms with Gasteiger partial charge in [0.25, 0.3) is 0 Å². The fourth-order valence-electron chi connectivity index (χ4n) is 4.13. The van der Waals surface area contributed by atoms with Gasteiger partial charge in [-0.2, -0.15) is 4.98 Å². The van der Waals surface area contributed by atoms with Crippen molar-refractivity contribution in [3.8, 4) is 0 Å². The summed E-state index contributed by atoms with van der Waals surface area (Å²) in [5.74, 6) is 1.71. The van der Waals surface area contributed by atoms with Gasteiger partial charge in [-0.05, 0) is 42.5 Å². The van der Waals surface area contributed by atoms with Gasteiger partial charge in [-0.15, -0.1) is 0 Å². The number of benzene rings is 2. The number of hydrogen-bond acceptors (Lipinski definition) is 4. The number of aromatic amines is 1. The van der Waals surface area contributed by atoms with Gasteiger partial charge in [-0.25, -0.2) is 4.98 Å². The highest BCUT2D eigenvalue weighted by atomic mass is 15.2. The number of aryl methyl sites for hydroxylation is 1. The van der Waals surface area contributed by atoms with Gasteiger partial charge >= 0.3 is 0 Å². The molecule has 5 nitrogen and oxygen atoms in total. The summed E-state index contributed by atoms with van der Waals surface area (Å²) in [6, 6.07) is 19.2. The Labute approximate surface area is 170 Å². The minimum absolute atomic E-state index is 0.707. The molecule has 0 saturated heterocycles. The highest BCUT2D eigenvalue weighted by Gasteiger charge is 2.18. The van der Waals surface area contributed by atoms with Gasteiger partial charge in [0.2, 0.25) is 5.95 Å². The van der Waals surface area contributed by atoms with Gasteiger partial charge in [0, 0.05) is 48.5 Å². The first-order valence-corrected chi connectivity index (χ1v) is 10.2. The van der Waals surface area contributed by atoms with E-state index in [0.717, 1.165) is 44.0 Å². The number of hydrogen-bond donors (Lipinski definition) is 2. The maximum atomic E-state index is 4.81. The molecule has 0 bridgehead atoms. The molecule has 3 heterocycles. The van der Waals surface area contributed by atoms with E-state index in [4.69, 9.17) is 4.98 Å². The maximum absolute atomic E-state index is 4.81. The third-order valence-corrected chi connectivity index (χ3v) is 5.65. The van der Waals surface area contributed by atoms with Crippen molar-refractivity contribution in [1.82, 2.24) is 15.0 Å². The Bertz CT molecular complexity index is 1150. The van der Waals surface area contributed by atoms with Crippen LogP contribution in [0.3, 0.4) is 0 Å². The van der Waals surface area contributed by atoms with Crippen molar-refractivity contribution >= 4 is 22.7 Å². The lowest BCUT2D eigenvalue weighted by atomic mass is 10.00. The van der Waals surface area contributed by atoms with Crippen molar-refractivity contribution < 1.29 is 0 Å². The first-order chi connectivity index (χ1) is 14.3. The fraction of sp³-hybridized carbons (Fsp3) is 0.250. The third-order valence-electron chi connectivity index (χ3n) is 5.65. The molecule has 0 radical (unpaired) electrons. The number of H-pyrrole nitrogens is 1. The van der Waals surface area contributed by atoms with Gasteiger partial charge in [-0.1, -0.05) is 42.5 Å². The first kappa shape index (κ1) is 17.7. The Morgan fingerprint density at radius 1 is 1.03 bits per heavy atom. The Kier molecular flexibility index (Phi) is 4.64. The molecular formula is C24H25N5. The van der Waals surface area contributed by atoms with Gasteiger partial charge in [-0.3, -0.25) is 0 Å². The molecular weight excluding hydrogens is 358 g/mol. The van der Waals surface area contributed by atoms with Crippen molar-refractivity contribution in [3.05, 3.63) is 83.2 Å². The molecule has 0 amide bonds. The molecule has 4 aromatic rings. The van der Waals surface area contributed by atoms with E-state index in [1.165, 1.54) is 27.6 Å². The van der Waals surface area contributed by atoms with Crippen LogP contribution in [-0.2, 0) is 19.4 Å². The second-order valence-corrected chi connectivity index (χ2v) is 7.67. The number of nitrogens with one attached hydrogen (secondary N) is 2. The second-order valence-electron chi connectivity index (χ2n) is 7.67. The maximum Gasteiger partial charge on any atom is 0.224 e. The minimum atomic E-state index is 0.707. The van der Waals surface area contributed by atoms with Crippen LogP contribution in [0.25, 0.3) is 10.9 Å². The molecule has 0 fully saturated rings. The van der Waals surface area contributed by atoms with Crippen LogP contribution in [0.5, 0.6) is 0 Å². The average Bonchev–Trinajstić information content (AvgIpc) is 3.16. The average molecular weight is 383 g/mol. The van der Waals surface area contributed by atoms with Crippen LogP contribution >= 0.6 is 0 Å². The van der Waals surface area contributed by atoms with E-state index in [0.29, 0.717) is 5.95 Å². The Balaban J connectivity index is 1.29. The predicted molar refractivity (Wildman–Crippen MR) is 118 cm³/mol. The molecule has 2 N–H and O–H groups in total. The lowest BCUT2D eigenvalue weighted by Gasteiger charge is -2.30. The van der Waals surface area contributed by atoms with Crippen LogP contribution in [0.4, 0.5) is 11.8 Å². The van der Waals surface area contributed by atoms with E-state index in [-0.39, 0.29) is 0 Å². The SMILES string of the molecule is Cc1cc(N2CCc3ccccc3C2)nc(NCCc2c[nH]c3ccccc23)n1. The molecule has 0 atom stereocenters. The van der Waals surface area contributed by atoms with Crippen LogP contribution in [0.2, 0.25) is 0 Å². The summed E-state index contributed by atoms with van der Waals surface area (Å²) >= 11 is 0. The summed E-state index contributed by atoms with van der Waals surface area (Å²) in [5.41, 5.74) is 6.33. The zero-order valence-electron chi connectivity index (χ0n) is 16.7. The molecule has 146 valence electrons. The zero-order chi connectivity index (χ0) is 19.6. The van der Waals surface area contributed by atoms with Crippen molar-refractivity contribution in [3.63, 3.8) is 0 Å². The number of fused-ring (bicyclic) bond motifs is 2. The Hall–Kier alpha value is -3.34. The summed E-state index contributed by atoms with van der Waals surface area (Å²) in [6.07, 6.45) is 4.08. The molecule has 0 unspecified atom stereocenters. The monoisotopic (exact) mass is 383 g/mol. The van der Waals surface area contributed by atoms with E-state index in [2.05, 4.69) is 81.0 Å². The van der Waals surface area contributed by atoms with Crippen molar-refractivity contribution in [2.75, 3.05) is 23.3 Å². The Morgan fingerprint density at radius 3 is 2.79 bits per heavy atom. The largest absolute Gasteiger partial charge is 0.361 e. The topological polar surface area (TPSA) is 56.8 Å². The molecule has 0 saturated carbocycles. The highest BCUT2D eigenvalue weighted by Crippen LogP contribution is 2.24. The number of aromatic nitrogens is 3. The smallest absolute Gasteiger partial charge is 0.224 e. The molecule has 5 rings (SSSR count). The second kappa shape index (κ2) is 7.59. The van der Waals surface area contributed by atoms with Crippen LogP contribution in [-0.4, -0.2) is 28.0 Å². The highest BCUT2D eigenvalue weighted by molar-refractivity contribution is 5.83. The van der Waals surface area contributed by atoms with Crippen molar-refractivity contribution in [2.45, 2.75) is 26.3 Å². The summed E-state index contributed by atoms with van der Waals surface area (Å²) in [6.45, 7) is 4.73. The van der Waals surface area contributed by atoms with E-state index in [9.17, 15) is 0 Å². The van der Waals surface area contributed by atoms with Crippen molar-refractivity contribution in [2.24, 2.45) is 0 Å². The third kappa shape index (κ3) is 3.68. The number of para-hydroxylation sites is 1. The summed E-state index contributed by atoms with van der Waals surface area (Å²) < 4.78 is 0. The molecule has 0 spiro atoms. The van der Waals surface area contributed by atoms with Gasteiger partial charge in [0.1, 0.15) is 5.82 Å². The van der Waals surface area contributed by atoms with E-state index < -0.39 is 0 Å². The molecule has 29 heavy (non-hydrogen) atoms. The number of anilines is 2. The van der Waals surface area contributed by atoms with Gasteiger partial charge in [0.15, 0.2) is 0 Å². The molecule has 2 aromatic carbocycles. The fourth-order valence-corrected chi connectivity index (χ4v) is 4.13. The van der Waals surface area contributed by atoms with Gasteiger partial charge < -0.3 is 15.2 Å². The van der Waals surface area contributed by atoms with Crippen LogP contribution in [0.15, 0.2) is 60.8 Å². The van der Waals surface area contributed by atoms with E-state index in [1.807, 2.05) is 6.92 Å². The molecule has 0 aliphatic carbocycles. The molecule has 5 heteroatoms. The van der Waals surface area contributed by atoms with E-state index >= 15 is 0 Å². The van der Waals surface area contributed by atoms with Crippen LogP contribution in [0.1, 0.15) is 22.4 Å². The molecule has 2 aromatic heterocycles. The minimum Gasteiger partial charge on any atom is -0.361 e. The van der Waals surface area contributed by atoms with Crippen molar-refractivity contribution in [1.29, 1.82) is 0 Å². The lowest BCUT2D eigenvalue weighted by Crippen LogP contribution is -2.31. The van der Waals surface area contributed by atoms with E-state index in [1.54, 1.807) is 0 Å². The van der Waals surface area contributed by atoms with Gasteiger partial charge in [0.05, 0.1) is 0 Å².